The molecule has 0 bridgehead atoms. The average Bonchev–Trinajstić information content (AvgIpc) is 2.40. The second-order valence-corrected chi connectivity index (χ2v) is 4.63. The lowest BCUT2D eigenvalue weighted by atomic mass is 10.2. The van der Waals surface area contributed by atoms with Gasteiger partial charge in [0.15, 0.2) is 0 Å². The molecule has 1 saturated heterocycles. The monoisotopic (exact) mass is 247 g/mol. The van der Waals surface area contributed by atoms with Gasteiger partial charge in [-0.15, -0.1) is 0 Å². The van der Waals surface area contributed by atoms with E-state index in [1.165, 1.54) is 0 Å². The highest BCUT2D eigenvalue weighted by Gasteiger charge is 2.12. The number of halogens is 1. The summed E-state index contributed by atoms with van der Waals surface area (Å²) in [6.45, 7) is 4.04. The number of para-hydroxylation sites is 1. The van der Waals surface area contributed by atoms with Crippen molar-refractivity contribution < 1.29 is 0 Å². The lowest BCUT2D eigenvalue weighted by Crippen LogP contribution is -2.43. The van der Waals surface area contributed by atoms with Crippen LogP contribution in [0.5, 0.6) is 0 Å². The first-order valence-electron chi connectivity index (χ1n) is 5.85. The molecule has 0 saturated carbocycles. The number of nitrogens with zero attached hydrogens (tertiary/aromatic N) is 2. The highest BCUT2D eigenvalue weighted by Crippen LogP contribution is 2.24. The van der Waals surface area contributed by atoms with Crippen molar-refractivity contribution in [2.45, 2.75) is 0 Å². The van der Waals surface area contributed by atoms with Crippen LogP contribution in [0.25, 0.3) is 10.9 Å². The molecule has 2 aromatic rings. The first kappa shape index (κ1) is 10.8. The Morgan fingerprint density at radius 3 is 2.76 bits per heavy atom. The quantitative estimate of drug-likeness (QED) is 0.838. The normalized spacial score (nSPS) is 16.4. The Balaban J connectivity index is 2.03. The molecule has 0 atom stereocenters. The van der Waals surface area contributed by atoms with Crippen molar-refractivity contribution in [3.05, 3.63) is 35.4 Å². The molecule has 1 aliphatic rings. The number of fused-ring (bicyclic) bond motifs is 1. The van der Waals surface area contributed by atoms with Gasteiger partial charge in [0.05, 0.1) is 10.5 Å². The summed E-state index contributed by atoms with van der Waals surface area (Å²) in [5.74, 6) is 1.02. The highest BCUT2D eigenvalue weighted by atomic mass is 35.5. The van der Waals surface area contributed by atoms with Gasteiger partial charge in [-0.2, -0.15) is 0 Å². The van der Waals surface area contributed by atoms with Crippen molar-refractivity contribution in [1.29, 1.82) is 0 Å². The van der Waals surface area contributed by atoms with Gasteiger partial charge in [-0.1, -0.05) is 23.7 Å². The summed E-state index contributed by atoms with van der Waals surface area (Å²) in [6.07, 6.45) is 0. The molecular weight excluding hydrogens is 234 g/mol. The Labute approximate surface area is 105 Å². The Hall–Kier alpha value is -1.32. The number of pyridine rings is 1. The number of piperazine rings is 1. The van der Waals surface area contributed by atoms with Crippen LogP contribution in [-0.2, 0) is 0 Å². The molecule has 0 amide bonds. The second kappa shape index (κ2) is 4.51. The molecule has 1 N–H and O–H groups in total. The SMILES string of the molecule is Clc1cccc2ccc(N3CCNCC3)nc12. The number of aromatic nitrogens is 1. The summed E-state index contributed by atoms with van der Waals surface area (Å²) in [5.41, 5.74) is 0.894. The molecule has 88 valence electrons. The average molecular weight is 248 g/mol. The molecular formula is C13H14ClN3. The molecule has 0 radical (unpaired) electrons. The minimum absolute atomic E-state index is 0.722. The maximum atomic E-state index is 6.17. The molecule has 1 aliphatic heterocycles. The Kier molecular flexibility index (Phi) is 2.87. The van der Waals surface area contributed by atoms with E-state index < -0.39 is 0 Å². The smallest absolute Gasteiger partial charge is 0.129 e. The third-order valence-electron chi connectivity index (χ3n) is 3.10. The Morgan fingerprint density at radius 2 is 1.94 bits per heavy atom. The van der Waals surface area contributed by atoms with Gasteiger partial charge in [-0.05, 0) is 18.2 Å². The Bertz CT molecular complexity index is 535. The summed E-state index contributed by atoms with van der Waals surface area (Å²) in [7, 11) is 0. The first-order chi connectivity index (χ1) is 8.34. The number of hydrogen-bond donors (Lipinski definition) is 1. The lowest BCUT2D eigenvalue weighted by molar-refractivity contribution is 0.585. The molecule has 3 rings (SSSR count). The van der Waals surface area contributed by atoms with E-state index in [1.54, 1.807) is 0 Å². The van der Waals surface area contributed by atoms with Gasteiger partial charge >= 0.3 is 0 Å². The standard InChI is InChI=1S/C13H14ClN3/c14-11-3-1-2-10-4-5-12(16-13(10)11)17-8-6-15-7-9-17/h1-5,15H,6-9H2. The molecule has 3 nitrogen and oxygen atoms in total. The molecule has 1 fully saturated rings. The third kappa shape index (κ3) is 2.08. The fourth-order valence-electron chi connectivity index (χ4n) is 2.17. The van der Waals surface area contributed by atoms with E-state index in [-0.39, 0.29) is 0 Å². The maximum Gasteiger partial charge on any atom is 0.129 e. The van der Waals surface area contributed by atoms with Crippen molar-refractivity contribution in [2.75, 3.05) is 31.1 Å². The zero-order valence-corrected chi connectivity index (χ0v) is 10.2. The molecule has 17 heavy (non-hydrogen) atoms. The van der Waals surface area contributed by atoms with Crippen molar-refractivity contribution in [3.8, 4) is 0 Å². The maximum absolute atomic E-state index is 6.17. The van der Waals surface area contributed by atoms with Crippen LogP contribution in [0.2, 0.25) is 5.02 Å². The van der Waals surface area contributed by atoms with Crippen LogP contribution in [0, 0.1) is 0 Å². The van der Waals surface area contributed by atoms with Gasteiger partial charge < -0.3 is 10.2 Å². The fraction of sp³-hybridized carbons (Fsp3) is 0.308. The minimum Gasteiger partial charge on any atom is -0.354 e. The summed E-state index contributed by atoms with van der Waals surface area (Å²) in [5, 5.41) is 5.15. The van der Waals surface area contributed by atoms with Crippen LogP contribution in [0.1, 0.15) is 0 Å². The zero-order chi connectivity index (χ0) is 11.7. The predicted molar refractivity (Wildman–Crippen MR) is 71.8 cm³/mol. The van der Waals surface area contributed by atoms with Gasteiger partial charge in [0.25, 0.3) is 0 Å². The number of hydrogen-bond acceptors (Lipinski definition) is 3. The van der Waals surface area contributed by atoms with Crippen molar-refractivity contribution in [1.82, 2.24) is 10.3 Å². The van der Waals surface area contributed by atoms with E-state index in [0.717, 1.165) is 47.9 Å². The van der Waals surface area contributed by atoms with Crippen LogP contribution in [0.15, 0.2) is 30.3 Å². The van der Waals surface area contributed by atoms with Crippen LogP contribution in [0.4, 0.5) is 5.82 Å². The molecule has 1 aromatic heterocycles. The molecule has 4 heteroatoms. The second-order valence-electron chi connectivity index (χ2n) is 4.22. The zero-order valence-electron chi connectivity index (χ0n) is 9.49. The summed E-state index contributed by atoms with van der Waals surface area (Å²) < 4.78 is 0. The predicted octanol–water partition coefficient (Wildman–Crippen LogP) is 2.30. The number of nitrogens with one attached hydrogen (secondary N) is 1. The van der Waals surface area contributed by atoms with E-state index >= 15 is 0 Å². The molecule has 0 aliphatic carbocycles. The van der Waals surface area contributed by atoms with Gasteiger partial charge in [0.2, 0.25) is 0 Å². The van der Waals surface area contributed by atoms with Crippen molar-refractivity contribution in [2.24, 2.45) is 0 Å². The van der Waals surface area contributed by atoms with Crippen LogP contribution in [0.3, 0.4) is 0 Å². The molecule has 2 heterocycles. The number of anilines is 1. The van der Waals surface area contributed by atoms with Gasteiger partial charge in [0, 0.05) is 31.6 Å². The molecule has 1 aromatic carbocycles. The summed E-state index contributed by atoms with van der Waals surface area (Å²) in [4.78, 5) is 6.96. The van der Waals surface area contributed by atoms with Crippen molar-refractivity contribution in [3.63, 3.8) is 0 Å². The topological polar surface area (TPSA) is 28.2 Å². The third-order valence-corrected chi connectivity index (χ3v) is 3.40. The fourth-order valence-corrected chi connectivity index (χ4v) is 2.39. The van der Waals surface area contributed by atoms with E-state index in [4.69, 9.17) is 11.6 Å². The minimum atomic E-state index is 0.722. The largest absolute Gasteiger partial charge is 0.354 e. The van der Waals surface area contributed by atoms with E-state index in [2.05, 4.69) is 27.3 Å². The first-order valence-corrected chi connectivity index (χ1v) is 6.23. The summed E-state index contributed by atoms with van der Waals surface area (Å²) >= 11 is 6.17. The Morgan fingerprint density at radius 1 is 1.12 bits per heavy atom. The van der Waals surface area contributed by atoms with E-state index in [1.807, 2.05) is 18.2 Å². The van der Waals surface area contributed by atoms with Crippen LogP contribution < -0.4 is 10.2 Å². The van der Waals surface area contributed by atoms with Crippen molar-refractivity contribution >= 4 is 28.3 Å². The number of rotatable bonds is 1. The van der Waals surface area contributed by atoms with Gasteiger partial charge in [0.1, 0.15) is 5.82 Å². The number of benzene rings is 1. The molecule has 0 unspecified atom stereocenters. The van der Waals surface area contributed by atoms with E-state index in [0.29, 0.717) is 0 Å². The van der Waals surface area contributed by atoms with Gasteiger partial charge in [-0.3, -0.25) is 0 Å². The highest BCUT2D eigenvalue weighted by molar-refractivity contribution is 6.35. The van der Waals surface area contributed by atoms with Gasteiger partial charge in [-0.25, -0.2) is 4.98 Å². The molecule has 0 spiro atoms. The van der Waals surface area contributed by atoms with Crippen LogP contribution >= 0.6 is 11.6 Å². The van der Waals surface area contributed by atoms with Crippen LogP contribution in [-0.4, -0.2) is 31.2 Å². The van der Waals surface area contributed by atoms with E-state index in [9.17, 15) is 0 Å². The summed E-state index contributed by atoms with van der Waals surface area (Å²) in [6, 6.07) is 10.0. The lowest BCUT2D eigenvalue weighted by Gasteiger charge is -2.28.